The molecule has 0 aromatic rings. The summed E-state index contributed by atoms with van der Waals surface area (Å²) in [4.78, 5) is 21.5. The first-order chi connectivity index (χ1) is 13.1. The minimum absolute atomic E-state index is 0. The number of hydrogen-bond acceptors (Lipinski definition) is 3. The lowest BCUT2D eigenvalue weighted by molar-refractivity contribution is -0.121. The van der Waals surface area contributed by atoms with Crippen molar-refractivity contribution >= 4 is 35.8 Å². The highest BCUT2D eigenvalue weighted by Crippen LogP contribution is 2.20. The molecule has 2 N–H and O–H groups in total. The van der Waals surface area contributed by atoms with Gasteiger partial charge in [0.2, 0.25) is 5.91 Å². The molecule has 0 saturated carbocycles. The van der Waals surface area contributed by atoms with Gasteiger partial charge in [0.05, 0.1) is 0 Å². The molecule has 6 nitrogen and oxygen atoms in total. The quantitative estimate of drug-likeness (QED) is 0.230. The van der Waals surface area contributed by atoms with Crippen LogP contribution in [0.25, 0.3) is 0 Å². The van der Waals surface area contributed by atoms with Crippen LogP contribution in [0.3, 0.4) is 0 Å². The third kappa shape index (κ3) is 8.84. The van der Waals surface area contributed by atoms with Gasteiger partial charge in [-0.1, -0.05) is 6.42 Å². The van der Waals surface area contributed by atoms with Crippen molar-refractivity contribution in [3.05, 3.63) is 0 Å². The number of piperidine rings is 2. The van der Waals surface area contributed by atoms with Crippen molar-refractivity contribution in [1.82, 2.24) is 20.4 Å². The summed E-state index contributed by atoms with van der Waals surface area (Å²) >= 11 is 0. The number of rotatable bonds is 8. The Bertz CT molecular complexity index is 466. The number of aliphatic imine (C=N–C) groups is 1. The minimum Gasteiger partial charge on any atom is -0.359 e. The first-order valence-corrected chi connectivity index (χ1v) is 11.1. The summed E-state index contributed by atoms with van der Waals surface area (Å²) < 4.78 is 0. The second-order valence-electron chi connectivity index (χ2n) is 8.13. The molecule has 0 spiro atoms. The van der Waals surface area contributed by atoms with Gasteiger partial charge in [0.15, 0.2) is 5.96 Å². The predicted octanol–water partition coefficient (Wildman–Crippen LogP) is 3.07. The summed E-state index contributed by atoms with van der Waals surface area (Å²) in [7, 11) is 1.72. The summed E-state index contributed by atoms with van der Waals surface area (Å²) in [6, 6.07) is 0.760. The molecule has 2 rings (SSSR count). The van der Waals surface area contributed by atoms with Crippen molar-refractivity contribution in [2.45, 2.75) is 71.3 Å². The Morgan fingerprint density at radius 3 is 2.50 bits per heavy atom. The molecule has 0 radical (unpaired) electrons. The number of guanidine groups is 1. The molecule has 0 aromatic carbocycles. The van der Waals surface area contributed by atoms with E-state index >= 15 is 0 Å². The fourth-order valence-corrected chi connectivity index (χ4v) is 4.24. The summed E-state index contributed by atoms with van der Waals surface area (Å²) in [6.45, 7) is 10.8. The molecule has 7 heteroatoms. The molecular formula is C21H42IN5O. The number of carbonyl (C=O) groups is 1. The molecule has 0 aromatic heterocycles. The number of halogens is 1. The Labute approximate surface area is 189 Å². The van der Waals surface area contributed by atoms with Crippen molar-refractivity contribution in [3.8, 4) is 0 Å². The molecule has 2 saturated heterocycles. The molecule has 1 unspecified atom stereocenters. The van der Waals surface area contributed by atoms with Gasteiger partial charge in [-0.3, -0.25) is 9.79 Å². The molecular weight excluding hydrogens is 465 g/mol. The molecule has 164 valence electrons. The Kier molecular flexibility index (Phi) is 13.1. The van der Waals surface area contributed by atoms with Gasteiger partial charge in [0.25, 0.3) is 0 Å². The maximum Gasteiger partial charge on any atom is 0.220 e. The minimum atomic E-state index is 0. The molecule has 2 heterocycles. The summed E-state index contributed by atoms with van der Waals surface area (Å²) in [5.41, 5.74) is 0. The number of carbonyl (C=O) groups excluding carboxylic acids is 1. The lowest BCUT2D eigenvalue weighted by Gasteiger charge is -2.34. The van der Waals surface area contributed by atoms with E-state index in [0.717, 1.165) is 57.4 Å². The third-order valence-corrected chi connectivity index (χ3v) is 6.06. The zero-order valence-corrected chi connectivity index (χ0v) is 20.5. The third-order valence-electron chi connectivity index (χ3n) is 6.06. The van der Waals surface area contributed by atoms with Gasteiger partial charge in [0.1, 0.15) is 0 Å². The van der Waals surface area contributed by atoms with E-state index in [1.807, 2.05) is 0 Å². The predicted molar refractivity (Wildman–Crippen MR) is 128 cm³/mol. The zero-order chi connectivity index (χ0) is 19.5. The first kappa shape index (κ1) is 25.5. The number of nitrogens with one attached hydrogen (secondary N) is 2. The Balaban J connectivity index is 0.00000392. The highest BCUT2D eigenvalue weighted by Gasteiger charge is 2.23. The van der Waals surface area contributed by atoms with Gasteiger partial charge in [-0.15, -0.1) is 24.0 Å². The van der Waals surface area contributed by atoms with Crippen molar-refractivity contribution in [1.29, 1.82) is 0 Å². The molecule has 1 atom stereocenters. The first-order valence-electron chi connectivity index (χ1n) is 11.1. The van der Waals surface area contributed by atoms with E-state index in [9.17, 15) is 4.79 Å². The molecule has 0 aliphatic carbocycles. The van der Waals surface area contributed by atoms with Gasteiger partial charge in [-0.05, 0) is 71.4 Å². The van der Waals surface area contributed by atoms with Crippen molar-refractivity contribution in [2.24, 2.45) is 10.9 Å². The van der Waals surface area contributed by atoms with Crippen molar-refractivity contribution in [3.63, 3.8) is 0 Å². The van der Waals surface area contributed by atoms with Crippen LogP contribution in [-0.2, 0) is 4.79 Å². The van der Waals surface area contributed by atoms with Crippen LogP contribution in [0.15, 0.2) is 4.99 Å². The lowest BCUT2D eigenvalue weighted by Crippen LogP contribution is -2.46. The highest BCUT2D eigenvalue weighted by molar-refractivity contribution is 14.0. The highest BCUT2D eigenvalue weighted by atomic mass is 127. The second-order valence-corrected chi connectivity index (χ2v) is 8.13. The molecule has 0 bridgehead atoms. The average molecular weight is 508 g/mol. The van der Waals surface area contributed by atoms with Crippen LogP contribution in [-0.4, -0.2) is 74.0 Å². The van der Waals surface area contributed by atoms with Gasteiger partial charge in [0, 0.05) is 45.7 Å². The van der Waals surface area contributed by atoms with E-state index in [1.54, 1.807) is 7.05 Å². The smallest absolute Gasteiger partial charge is 0.220 e. The van der Waals surface area contributed by atoms with Crippen LogP contribution in [0.1, 0.15) is 65.2 Å². The number of unbranched alkanes of at least 4 members (excludes halogenated alkanes) is 1. The van der Waals surface area contributed by atoms with Crippen LogP contribution in [0, 0.1) is 5.92 Å². The van der Waals surface area contributed by atoms with E-state index in [0.29, 0.717) is 12.3 Å². The fourth-order valence-electron chi connectivity index (χ4n) is 4.24. The van der Waals surface area contributed by atoms with E-state index in [1.165, 1.54) is 38.8 Å². The standard InChI is InChI=1S/C21H41N5O.HI/c1-4-23-21(26-15-10-19(11-16-26)17-20(27)22-3)24-12-6-8-14-25-13-7-5-9-18(25)2;/h18-19H,4-17H2,1-3H3,(H,22,27)(H,23,24);1H. The molecule has 2 fully saturated rings. The molecule has 1 amide bonds. The van der Waals surface area contributed by atoms with Crippen LogP contribution in [0.2, 0.25) is 0 Å². The maximum absolute atomic E-state index is 11.6. The number of amides is 1. The van der Waals surface area contributed by atoms with Gasteiger partial charge < -0.3 is 20.4 Å². The maximum atomic E-state index is 11.6. The Hall–Kier alpha value is -0.570. The summed E-state index contributed by atoms with van der Waals surface area (Å²) in [6.07, 6.45) is 9.32. The largest absolute Gasteiger partial charge is 0.359 e. The SMILES string of the molecule is CCNC(=NCCCCN1CCCCC1C)N1CCC(CC(=O)NC)CC1.I. The summed E-state index contributed by atoms with van der Waals surface area (Å²) in [5.74, 6) is 1.73. The molecule has 2 aliphatic rings. The molecule has 28 heavy (non-hydrogen) atoms. The van der Waals surface area contributed by atoms with E-state index in [2.05, 4.69) is 34.3 Å². The van der Waals surface area contributed by atoms with Crippen LogP contribution in [0.4, 0.5) is 0 Å². The van der Waals surface area contributed by atoms with E-state index in [-0.39, 0.29) is 29.9 Å². The number of likely N-dealkylation sites (tertiary alicyclic amines) is 2. The second kappa shape index (κ2) is 14.4. The monoisotopic (exact) mass is 507 g/mol. The van der Waals surface area contributed by atoms with Crippen molar-refractivity contribution < 1.29 is 4.79 Å². The van der Waals surface area contributed by atoms with Gasteiger partial charge in [-0.25, -0.2) is 0 Å². The lowest BCUT2D eigenvalue weighted by atomic mass is 9.93. The van der Waals surface area contributed by atoms with Crippen LogP contribution >= 0.6 is 24.0 Å². The zero-order valence-electron chi connectivity index (χ0n) is 18.2. The number of nitrogens with zero attached hydrogens (tertiary/aromatic N) is 3. The Morgan fingerprint density at radius 2 is 1.86 bits per heavy atom. The van der Waals surface area contributed by atoms with Crippen LogP contribution in [0.5, 0.6) is 0 Å². The number of hydrogen-bond donors (Lipinski definition) is 2. The summed E-state index contributed by atoms with van der Waals surface area (Å²) in [5, 5.41) is 6.19. The van der Waals surface area contributed by atoms with Gasteiger partial charge in [-0.2, -0.15) is 0 Å². The topological polar surface area (TPSA) is 60.0 Å². The van der Waals surface area contributed by atoms with Crippen LogP contribution < -0.4 is 10.6 Å². The van der Waals surface area contributed by atoms with E-state index in [4.69, 9.17) is 4.99 Å². The molecule has 2 aliphatic heterocycles. The average Bonchev–Trinajstić information content (AvgIpc) is 2.69. The van der Waals surface area contributed by atoms with E-state index < -0.39 is 0 Å². The van der Waals surface area contributed by atoms with Gasteiger partial charge >= 0.3 is 0 Å². The Morgan fingerprint density at radius 1 is 1.11 bits per heavy atom. The fraction of sp³-hybridized carbons (Fsp3) is 0.905. The normalized spacial score (nSPS) is 21.9. The van der Waals surface area contributed by atoms with Crippen molar-refractivity contribution in [2.75, 3.05) is 46.3 Å².